The van der Waals surface area contributed by atoms with Crippen LogP contribution in [0.1, 0.15) is 5.56 Å². The first-order valence-corrected chi connectivity index (χ1v) is 10.2. The summed E-state index contributed by atoms with van der Waals surface area (Å²) in [5.74, 6) is 0. The Balaban J connectivity index is 1.80. The van der Waals surface area contributed by atoms with E-state index in [1.807, 2.05) is 36.7 Å². The zero-order valence-electron chi connectivity index (χ0n) is 14.9. The van der Waals surface area contributed by atoms with Gasteiger partial charge in [-0.05, 0) is 11.6 Å². The van der Waals surface area contributed by atoms with Crippen molar-refractivity contribution < 1.29 is 0 Å². The molecule has 4 heteroatoms. The topological polar surface area (TPSA) is 30.2 Å². The van der Waals surface area contributed by atoms with E-state index >= 15 is 0 Å². The Bertz CT molecular complexity index is 1010. The van der Waals surface area contributed by atoms with Gasteiger partial charge in [-0.25, -0.2) is 9.75 Å². The first kappa shape index (κ1) is 17.4. The van der Waals surface area contributed by atoms with Gasteiger partial charge in [0.1, 0.15) is 0 Å². The molecule has 3 nitrogen and oxygen atoms in total. The predicted molar refractivity (Wildman–Crippen MR) is 112 cm³/mol. The molecule has 0 N–H and O–H groups in total. The van der Waals surface area contributed by atoms with E-state index in [1.54, 1.807) is 0 Å². The second kappa shape index (κ2) is 8.57. The van der Waals surface area contributed by atoms with Gasteiger partial charge in [-0.1, -0.05) is 91.0 Å². The lowest BCUT2D eigenvalue weighted by molar-refractivity contribution is 0.713. The van der Waals surface area contributed by atoms with E-state index in [4.69, 9.17) is 4.76 Å². The van der Waals surface area contributed by atoms with Gasteiger partial charge in [0.05, 0.1) is 14.6 Å². The fourth-order valence-electron chi connectivity index (χ4n) is 2.87. The van der Waals surface area contributed by atoms with Gasteiger partial charge in [-0.15, -0.1) is 0 Å². The number of nitrogens with zero attached hydrogens (tertiary/aromatic N) is 3. The molecule has 3 aromatic carbocycles. The van der Waals surface area contributed by atoms with Crippen LogP contribution in [0, 0.1) is 0 Å². The Hall–Kier alpha value is -3.03. The maximum absolute atomic E-state index is 5.11. The Morgan fingerprint density at radius 2 is 1.26 bits per heavy atom. The summed E-state index contributed by atoms with van der Waals surface area (Å²) in [6.07, 6.45) is 3.85. The van der Waals surface area contributed by atoms with Gasteiger partial charge in [0.25, 0.3) is 0 Å². The lowest BCUT2D eigenvalue weighted by Gasteiger charge is -2.14. The Morgan fingerprint density at radius 3 is 1.85 bits per heavy atom. The van der Waals surface area contributed by atoms with Crippen LogP contribution in [0.2, 0.25) is 0 Å². The Kier molecular flexibility index (Phi) is 5.52. The van der Waals surface area contributed by atoms with E-state index in [0.29, 0.717) is 0 Å². The van der Waals surface area contributed by atoms with E-state index < -0.39 is 8.07 Å². The summed E-state index contributed by atoms with van der Waals surface area (Å²) in [6.45, 7) is 0.750. The van der Waals surface area contributed by atoms with E-state index in [2.05, 4.69) is 82.3 Å². The van der Waals surface area contributed by atoms with Crippen molar-refractivity contribution in [3.63, 3.8) is 0 Å². The summed E-state index contributed by atoms with van der Waals surface area (Å²) in [7, 11) is -0.876. The van der Waals surface area contributed by atoms with E-state index in [0.717, 1.165) is 12.2 Å². The molecular weight excluding hydrogens is 349 g/mol. The zero-order chi connectivity index (χ0) is 18.3. The van der Waals surface area contributed by atoms with Crippen LogP contribution in [0.3, 0.4) is 0 Å². The van der Waals surface area contributed by atoms with Crippen molar-refractivity contribution in [2.24, 2.45) is 4.76 Å². The zero-order valence-corrected chi connectivity index (χ0v) is 15.8. The summed E-state index contributed by atoms with van der Waals surface area (Å²) in [4.78, 5) is 4.58. The highest BCUT2D eigenvalue weighted by Gasteiger charge is 2.13. The normalized spacial score (nSPS) is 11.7. The lowest BCUT2D eigenvalue weighted by atomic mass is 10.2. The molecule has 27 heavy (non-hydrogen) atoms. The molecule has 0 spiro atoms. The molecule has 0 saturated heterocycles. The van der Waals surface area contributed by atoms with Crippen LogP contribution in [0.5, 0.6) is 0 Å². The van der Waals surface area contributed by atoms with Crippen molar-refractivity contribution in [3.8, 4) is 0 Å². The minimum absolute atomic E-state index is 0.750. The fraction of sp³-hybridized carbons (Fsp3) is 0.0435. The molecule has 0 aliphatic rings. The second-order valence-electron chi connectivity index (χ2n) is 6.12. The number of aromatic nitrogens is 2. The van der Waals surface area contributed by atoms with E-state index in [9.17, 15) is 0 Å². The molecule has 4 aromatic rings. The first-order valence-electron chi connectivity index (χ1n) is 8.90. The molecule has 0 bridgehead atoms. The number of hydrogen-bond acceptors (Lipinski definition) is 2. The van der Waals surface area contributed by atoms with Crippen LogP contribution in [0.15, 0.2) is 114 Å². The van der Waals surface area contributed by atoms with Gasteiger partial charge in [-0.3, -0.25) is 0 Å². The van der Waals surface area contributed by atoms with Crippen molar-refractivity contribution in [2.75, 3.05) is 0 Å². The van der Waals surface area contributed by atoms with Gasteiger partial charge >= 0.3 is 0 Å². The first-order chi connectivity index (χ1) is 13.4. The monoisotopic (exact) mass is 369 g/mol. The predicted octanol–water partition coefficient (Wildman–Crippen LogP) is 3.88. The third-order valence-electron chi connectivity index (χ3n) is 4.19. The number of benzene rings is 3. The molecule has 0 radical (unpaired) electrons. The Morgan fingerprint density at radius 1 is 0.704 bits per heavy atom. The van der Waals surface area contributed by atoms with Crippen molar-refractivity contribution in [3.05, 3.63) is 121 Å². The van der Waals surface area contributed by atoms with Crippen molar-refractivity contribution in [1.29, 1.82) is 0 Å². The highest BCUT2D eigenvalue weighted by Crippen LogP contribution is 2.33. The smallest absolute Gasteiger partial charge is 0.229 e. The molecule has 4 rings (SSSR count). The molecule has 0 saturated carbocycles. The molecule has 0 fully saturated rings. The van der Waals surface area contributed by atoms with Gasteiger partial charge in [0.15, 0.2) is 0 Å². The van der Waals surface area contributed by atoms with Crippen LogP contribution in [0.25, 0.3) is 0 Å². The number of rotatable bonds is 5. The molecule has 0 aliphatic heterocycles. The SMILES string of the molecule is c1ccc(Cn2cccn/c2=N\P(c2ccccc2)c2ccccc2)cc1. The summed E-state index contributed by atoms with van der Waals surface area (Å²) >= 11 is 0. The average molecular weight is 369 g/mol. The number of hydrogen-bond donors (Lipinski definition) is 0. The largest absolute Gasteiger partial charge is 0.313 e. The average Bonchev–Trinajstić information content (AvgIpc) is 2.75. The van der Waals surface area contributed by atoms with E-state index in [1.165, 1.54) is 16.2 Å². The third-order valence-corrected chi connectivity index (χ3v) is 6.14. The fourth-order valence-corrected chi connectivity index (χ4v) is 4.66. The van der Waals surface area contributed by atoms with Crippen LogP contribution in [0.4, 0.5) is 0 Å². The minimum Gasteiger partial charge on any atom is -0.313 e. The van der Waals surface area contributed by atoms with Gasteiger partial charge in [-0.2, -0.15) is 0 Å². The standard InChI is InChI=1S/C23H20N3P/c1-4-11-20(12-5-1)19-26-18-10-17-24-23(26)25-27(21-13-6-2-7-14-21)22-15-8-3-9-16-22/h1-18H,19H2/b25-23+. The summed E-state index contributed by atoms with van der Waals surface area (Å²) in [6, 6.07) is 33.3. The molecule has 1 aromatic heterocycles. The van der Waals surface area contributed by atoms with Crippen LogP contribution in [-0.4, -0.2) is 9.55 Å². The Labute approximate surface area is 160 Å². The van der Waals surface area contributed by atoms with Gasteiger partial charge < -0.3 is 4.57 Å². The summed E-state index contributed by atoms with van der Waals surface area (Å²) < 4.78 is 7.22. The lowest BCUT2D eigenvalue weighted by Crippen LogP contribution is -2.25. The highest BCUT2D eigenvalue weighted by atomic mass is 31.1. The minimum atomic E-state index is -0.876. The molecule has 0 aliphatic carbocycles. The van der Waals surface area contributed by atoms with E-state index in [-0.39, 0.29) is 0 Å². The molecule has 0 atom stereocenters. The maximum atomic E-state index is 5.11. The molecular formula is C23H20N3P. The third kappa shape index (κ3) is 4.39. The van der Waals surface area contributed by atoms with Crippen LogP contribution < -0.4 is 16.2 Å². The van der Waals surface area contributed by atoms with Gasteiger partial charge in [0.2, 0.25) is 5.62 Å². The van der Waals surface area contributed by atoms with Crippen LogP contribution in [-0.2, 0) is 6.54 Å². The molecule has 0 unspecified atom stereocenters. The second-order valence-corrected chi connectivity index (χ2v) is 7.97. The quantitative estimate of drug-likeness (QED) is 0.491. The molecule has 0 amide bonds. The molecule has 1 heterocycles. The summed E-state index contributed by atoms with van der Waals surface area (Å²) in [5, 5.41) is 2.44. The van der Waals surface area contributed by atoms with Gasteiger partial charge in [0, 0.05) is 23.0 Å². The van der Waals surface area contributed by atoms with Crippen LogP contribution >= 0.6 is 8.07 Å². The molecule has 132 valence electrons. The highest BCUT2D eigenvalue weighted by molar-refractivity contribution is 7.71. The van der Waals surface area contributed by atoms with Crippen molar-refractivity contribution in [1.82, 2.24) is 9.55 Å². The van der Waals surface area contributed by atoms with Crippen molar-refractivity contribution in [2.45, 2.75) is 6.54 Å². The van der Waals surface area contributed by atoms with Crippen molar-refractivity contribution >= 4 is 18.7 Å². The summed E-state index contributed by atoms with van der Waals surface area (Å²) in [5.41, 5.74) is 1.98. The maximum Gasteiger partial charge on any atom is 0.229 e.